The van der Waals surface area contributed by atoms with Crippen molar-refractivity contribution in [2.24, 2.45) is 7.05 Å². The Bertz CT molecular complexity index is 582. The Morgan fingerprint density at radius 1 is 1.24 bits per heavy atom. The number of likely N-dealkylation sites (N-methyl/N-ethyl adjacent to an activating group) is 1. The van der Waals surface area contributed by atoms with Crippen molar-refractivity contribution in [2.45, 2.75) is 45.6 Å². The fraction of sp³-hybridized carbons (Fsp3) is 0.562. The van der Waals surface area contributed by atoms with Gasteiger partial charge in [-0.3, -0.25) is 0 Å². The minimum Gasteiger partial charge on any atom is -0.310 e. The lowest BCUT2D eigenvalue weighted by molar-refractivity contribution is 0.508. The molecule has 0 saturated carbocycles. The molecule has 0 radical (unpaired) electrons. The van der Waals surface area contributed by atoms with Crippen molar-refractivity contribution in [3.63, 3.8) is 0 Å². The van der Waals surface area contributed by atoms with Crippen LogP contribution in [0.3, 0.4) is 0 Å². The van der Waals surface area contributed by atoms with Gasteiger partial charge in [0.05, 0.1) is 7.05 Å². The molecule has 2 rings (SSSR count). The lowest BCUT2D eigenvalue weighted by atomic mass is 9.81. The van der Waals surface area contributed by atoms with Crippen LogP contribution >= 0.6 is 0 Å². The number of tetrazole rings is 1. The monoisotopic (exact) mass is 287 g/mol. The standard InChI is InChI=1S/C16H25N5/c1-6-17-14(11-15-18-20-21(5)19-15)12-9-7-8-10-13(12)16(2,3)4/h7-10,14,17H,6,11H2,1-5H3. The van der Waals surface area contributed by atoms with Crippen molar-refractivity contribution >= 4 is 0 Å². The van der Waals surface area contributed by atoms with Crippen LogP contribution in [0.1, 0.15) is 50.7 Å². The third-order valence-corrected chi connectivity index (χ3v) is 3.53. The lowest BCUT2D eigenvalue weighted by Crippen LogP contribution is -2.27. The number of hydrogen-bond acceptors (Lipinski definition) is 4. The van der Waals surface area contributed by atoms with E-state index in [1.807, 2.05) is 0 Å². The van der Waals surface area contributed by atoms with E-state index in [9.17, 15) is 0 Å². The third kappa shape index (κ3) is 3.88. The first-order valence-corrected chi connectivity index (χ1v) is 7.47. The van der Waals surface area contributed by atoms with E-state index in [-0.39, 0.29) is 11.5 Å². The number of nitrogens with zero attached hydrogens (tertiary/aromatic N) is 4. The van der Waals surface area contributed by atoms with Gasteiger partial charge in [0.1, 0.15) is 0 Å². The lowest BCUT2D eigenvalue weighted by Gasteiger charge is -2.27. The number of hydrogen-bond donors (Lipinski definition) is 1. The first-order valence-electron chi connectivity index (χ1n) is 7.47. The van der Waals surface area contributed by atoms with E-state index in [0.29, 0.717) is 0 Å². The fourth-order valence-electron chi connectivity index (χ4n) is 2.61. The summed E-state index contributed by atoms with van der Waals surface area (Å²) in [5, 5.41) is 15.9. The molecular formula is C16H25N5. The topological polar surface area (TPSA) is 55.6 Å². The first kappa shape index (κ1) is 15.6. The molecule has 0 aliphatic heterocycles. The summed E-state index contributed by atoms with van der Waals surface area (Å²) in [6, 6.07) is 8.82. The normalized spacial score (nSPS) is 13.4. The Hall–Kier alpha value is -1.75. The van der Waals surface area contributed by atoms with Crippen LogP contribution in [-0.4, -0.2) is 26.8 Å². The van der Waals surface area contributed by atoms with Gasteiger partial charge in [-0.15, -0.1) is 10.2 Å². The maximum absolute atomic E-state index is 4.30. The molecule has 0 aliphatic rings. The Balaban J connectivity index is 2.34. The van der Waals surface area contributed by atoms with Gasteiger partial charge in [0.2, 0.25) is 0 Å². The third-order valence-electron chi connectivity index (χ3n) is 3.53. The molecule has 2 aromatic rings. The molecule has 5 nitrogen and oxygen atoms in total. The van der Waals surface area contributed by atoms with Gasteiger partial charge in [-0.1, -0.05) is 52.0 Å². The van der Waals surface area contributed by atoms with Gasteiger partial charge in [-0.05, 0) is 28.3 Å². The Labute approximate surface area is 126 Å². The van der Waals surface area contributed by atoms with Crippen molar-refractivity contribution in [3.05, 3.63) is 41.2 Å². The summed E-state index contributed by atoms with van der Waals surface area (Å²) in [5.41, 5.74) is 2.79. The number of nitrogens with one attached hydrogen (secondary N) is 1. The van der Waals surface area contributed by atoms with Gasteiger partial charge in [-0.2, -0.15) is 4.80 Å². The van der Waals surface area contributed by atoms with Crippen molar-refractivity contribution in [1.29, 1.82) is 0 Å². The van der Waals surface area contributed by atoms with E-state index in [1.165, 1.54) is 15.9 Å². The maximum atomic E-state index is 4.30. The van der Waals surface area contributed by atoms with Crippen molar-refractivity contribution in [3.8, 4) is 0 Å². The molecule has 0 saturated heterocycles. The minimum atomic E-state index is 0.111. The SMILES string of the molecule is CCNC(Cc1nnn(C)n1)c1ccccc1C(C)(C)C. The molecule has 1 aromatic carbocycles. The smallest absolute Gasteiger partial charge is 0.176 e. The summed E-state index contributed by atoms with van der Waals surface area (Å²) in [4.78, 5) is 1.51. The van der Waals surface area contributed by atoms with E-state index < -0.39 is 0 Å². The second kappa shape index (κ2) is 6.35. The number of benzene rings is 1. The van der Waals surface area contributed by atoms with Gasteiger partial charge in [0, 0.05) is 12.5 Å². The van der Waals surface area contributed by atoms with E-state index in [0.717, 1.165) is 18.8 Å². The van der Waals surface area contributed by atoms with Crippen LogP contribution in [-0.2, 0) is 18.9 Å². The van der Waals surface area contributed by atoms with Crippen LogP contribution in [0.2, 0.25) is 0 Å². The van der Waals surface area contributed by atoms with Crippen LogP contribution in [0.4, 0.5) is 0 Å². The zero-order valence-corrected chi connectivity index (χ0v) is 13.6. The molecule has 1 N–H and O–H groups in total. The van der Waals surface area contributed by atoms with Crippen molar-refractivity contribution < 1.29 is 0 Å². The predicted octanol–water partition coefficient (Wildman–Crippen LogP) is 2.40. The number of aromatic nitrogens is 4. The molecule has 0 amide bonds. The highest BCUT2D eigenvalue weighted by molar-refractivity contribution is 5.35. The van der Waals surface area contributed by atoms with Gasteiger partial charge in [0.15, 0.2) is 5.82 Å². The van der Waals surface area contributed by atoms with Gasteiger partial charge in [0.25, 0.3) is 0 Å². The highest BCUT2D eigenvalue weighted by Crippen LogP contribution is 2.30. The summed E-state index contributed by atoms with van der Waals surface area (Å²) in [6.45, 7) is 9.76. The fourth-order valence-corrected chi connectivity index (χ4v) is 2.61. The quantitative estimate of drug-likeness (QED) is 0.917. The van der Waals surface area contributed by atoms with Crippen molar-refractivity contribution in [2.75, 3.05) is 6.54 Å². The molecule has 1 aromatic heterocycles. The van der Waals surface area contributed by atoms with Crippen LogP contribution in [0.25, 0.3) is 0 Å². The molecular weight excluding hydrogens is 262 g/mol. The summed E-state index contributed by atoms with van der Waals surface area (Å²) in [5.74, 6) is 0.771. The van der Waals surface area contributed by atoms with Crippen LogP contribution in [0, 0.1) is 0 Å². The molecule has 0 aliphatic carbocycles. The zero-order chi connectivity index (χ0) is 15.5. The highest BCUT2D eigenvalue weighted by Gasteiger charge is 2.23. The van der Waals surface area contributed by atoms with Gasteiger partial charge in [-0.25, -0.2) is 0 Å². The number of aryl methyl sites for hydroxylation is 1. The largest absolute Gasteiger partial charge is 0.310 e. The second-order valence-electron chi connectivity index (χ2n) is 6.35. The van der Waals surface area contributed by atoms with Crippen LogP contribution in [0.5, 0.6) is 0 Å². The van der Waals surface area contributed by atoms with Gasteiger partial charge < -0.3 is 5.32 Å². The minimum absolute atomic E-state index is 0.111. The van der Waals surface area contributed by atoms with Crippen molar-refractivity contribution in [1.82, 2.24) is 25.5 Å². The van der Waals surface area contributed by atoms with Crippen LogP contribution in [0.15, 0.2) is 24.3 Å². The molecule has 0 spiro atoms. The average molecular weight is 287 g/mol. The summed E-state index contributed by atoms with van der Waals surface area (Å²) < 4.78 is 0. The molecule has 1 heterocycles. The van der Waals surface area contributed by atoms with E-state index >= 15 is 0 Å². The summed E-state index contributed by atoms with van der Waals surface area (Å²) >= 11 is 0. The average Bonchev–Trinajstić information content (AvgIpc) is 2.83. The van der Waals surface area contributed by atoms with E-state index in [1.54, 1.807) is 7.05 Å². The highest BCUT2D eigenvalue weighted by atomic mass is 15.6. The van der Waals surface area contributed by atoms with E-state index in [4.69, 9.17) is 0 Å². The van der Waals surface area contributed by atoms with Gasteiger partial charge >= 0.3 is 0 Å². The second-order valence-corrected chi connectivity index (χ2v) is 6.35. The molecule has 114 valence electrons. The maximum Gasteiger partial charge on any atom is 0.176 e. The summed E-state index contributed by atoms with van der Waals surface area (Å²) in [6.07, 6.45) is 0.745. The Morgan fingerprint density at radius 2 is 1.95 bits per heavy atom. The van der Waals surface area contributed by atoms with Crippen LogP contribution < -0.4 is 5.32 Å². The number of rotatable bonds is 5. The molecule has 5 heteroatoms. The molecule has 1 atom stereocenters. The molecule has 21 heavy (non-hydrogen) atoms. The Morgan fingerprint density at radius 3 is 2.52 bits per heavy atom. The Kier molecular flexibility index (Phi) is 4.73. The van der Waals surface area contributed by atoms with E-state index in [2.05, 4.69) is 72.7 Å². The predicted molar refractivity (Wildman–Crippen MR) is 84.1 cm³/mol. The zero-order valence-electron chi connectivity index (χ0n) is 13.6. The molecule has 1 unspecified atom stereocenters. The summed E-state index contributed by atoms with van der Waals surface area (Å²) in [7, 11) is 1.79. The first-order chi connectivity index (χ1) is 9.91. The molecule has 0 bridgehead atoms. The molecule has 0 fully saturated rings.